The lowest BCUT2D eigenvalue weighted by Gasteiger charge is -2.36. The van der Waals surface area contributed by atoms with Crippen LogP contribution < -0.4 is 0 Å². The summed E-state index contributed by atoms with van der Waals surface area (Å²) >= 11 is 0. The lowest BCUT2D eigenvalue weighted by atomic mass is 9.68. The predicted molar refractivity (Wildman–Crippen MR) is 134 cm³/mol. The van der Waals surface area contributed by atoms with E-state index in [2.05, 4.69) is 85.5 Å². The van der Waals surface area contributed by atoms with Crippen LogP contribution in [-0.4, -0.2) is 24.5 Å². The minimum absolute atomic E-state index is 0.459. The highest BCUT2D eigenvalue weighted by atomic mass is 15.1. The summed E-state index contributed by atoms with van der Waals surface area (Å²) in [5, 5.41) is 0. The normalized spacial score (nSPS) is 22.5. The minimum Gasteiger partial charge on any atom is -0.303 e. The van der Waals surface area contributed by atoms with E-state index in [0.29, 0.717) is 11.8 Å². The van der Waals surface area contributed by atoms with Gasteiger partial charge in [0.15, 0.2) is 0 Å². The van der Waals surface area contributed by atoms with Crippen LogP contribution in [-0.2, 0) is 6.42 Å². The van der Waals surface area contributed by atoms with Gasteiger partial charge in [-0.3, -0.25) is 0 Å². The highest BCUT2D eigenvalue weighted by molar-refractivity contribution is 5.45. The van der Waals surface area contributed by atoms with Crippen LogP contribution in [0, 0.1) is 0 Å². The second kappa shape index (κ2) is 11.0. The van der Waals surface area contributed by atoms with E-state index in [1.165, 1.54) is 74.8 Å². The average Bonchev–Trinajstić information content (AvgIpc) is 3.34. The van der Waals surface area contributed by atoms with E-state index in [4.69, 9.17) is 0 Å². The fourth-order valence-electron chi connectivity index (χ4n) is 5.74. The molecule has 1 heterocycles. The molecule has 0 bridgehead atoms. The third-order valence-electron chi connectivity index (χ3n) is 7.38. The first-order chi connectivity index (χ1) is 15.3. The third kappa shape index (κ3) is 5.39. The zero-order valence-corrected chi connectivity index (χ0v) is 19.5. The molecule has 0 spiro atoms. The molecule has 31 heavy (non-hydrogen) atoms. The smallest absolute Gasteiger partial charge is 0.0158 e. The number of nitrogens with zero attached hydrogens (tertiary/aromatic N) is 1. The molecular weight excluding hydrogens is 374 g/mol. The van der Waals surface area contributed by atoms with Crippen LogP contribution in [0.15, 0.2) is 77.9 Å². The molecule has 1 aliphatic carbocycles. The topological polar surface area (TPSA) is 3.24 Å². The molecule has 1 nitrogen and oxygen atoms in total. The Morgan fingerprint density at radius 2 is 1.68 bits per heavy atom. The summed E-state index contributed by atoms with van der Waals surface area (Å²) in [4.78, 5) is 2.63. The van der Waals surface area contributed by atoms with E-state index < -0.39 is 0 Å². The monoisotopic (exact) mass is 413 g/mol. The SMILES string of the molecule is C/C=C\C1=C(CC)CC[C@H](c2ccccc2)[C@@H]1c1ccc(CCCN2CCCC2)cc1. The fraction of sp³-hybridized carbons (Fsp3) is 0.467. The fourth-order valence-corrected chi connectivity index (χ4v) is 5.74. The Labute approximate surface area is 189 Å². The predicted octanol–water partition coefficient (Wildman–Crippen LogP) is 7.66. The van der Waals surface area contributed by atoms with E-state index in [9.17, 15) is 0 Å². The summed E-state index contributed by atoms with van der Waals surface area (Å²) in [5.74, 6) is 1.02. The largest absolute Gasteiger partial charge is 0.303 e. The van der Waals surface area contributed by atoms with Crippen LogP contribution in [0.5, 0.6) is 0 Å². The molecule has 1 saturated heterocycles. The first-order valence-corrected chi connectivity index (χ1v) is 12.5. The quantitative estimate of drug-likeness (QED) is 0.429. The van der Waals surface area contributed by atoms with Crippen LogP contribution in [0.1, 0.15) is 80.9 Å². The van der Waals surface area contributed by atoms with Crippen molar-refractivity contribution in [2.75, 3.05) is 19.6 Å². The number of benzene rings is 2. The highest BCUT2D eigenvalue weighted by Crippen LogP contribution is 2.48. The van der Waals surface area contributed by atoms with Crippen molar-refractivity contribution < 1.29 is 0 Å². The van der Waals surface area contributed by atoms with Crippen LogP contribution in [0.3, 0.4) is 0 Å². The molecule has 164 valence electrons. The number of hydrogen-bond donors (Lipinski definition) is 0. The Kier molecular flexibility index (Phi) is 7.81. The Balaban J connectivity index is 1.56. The zero-order chi connectivity index (χ0) is 21.5. The molecular formula is C30H39N. The second-order valence-corrected chi connectivity index (χ2v) is 9.34. The number of rotatable bonds is 8. The Morgan fingerprint density at radius 1 is 0.935 bits per heavy atom. The number of aryl methyl sites for hydroxylation is 1. The van der Waals surface area contributed by atoms with E-state index in [1.807, 2.05) is 0 Å². The van der Waals surface area contributed by atoms with Gasteiger partial charge >= 0.3 is 0 Å². The molecule has 1 aliphatic heterocycles. The lowest BCUT2D eigenvalue weighted by molar-refractivity contribution is 0.334. The first-order valence-electron chi connectivity index (χ1n) is 12.5. The van der Waals surface area contributed by atoms with Gasteiger partial charge in [0.05, 0.1) is 0 Å². The van der Waals surface area contributed by atoms with Gasteiger partial charge in [-0.1, -0.05) is 79.2 Å². The maximum Gasteiger partial charge on any atom is 0.0158 e. The van der Waals surface area contributed by atoms with Crippen molar-refractivity contribution in [3.63, 3.8) is 0 Å². The van der Waals surface area contributed by atoms with Crippen molar-refractivity contribution in [3.05, 3.63) is 94.6 Å². The van der Waals surface area contributed by atoms with Crippen molar-refractivity contribution in [1.82, 2.24) is 4.90 Å². The van der Waals surface area contributed by atoms with E-state index >= 15 is 0 Å². The molecule has 2 aromatic rings. The van der Waals surface area contributed by atoms with Crippen molar-refractivity contribution in [2.24, 2.45) is 0 Å². The summed E-state index contributed by atoms with van der Waals surface area (Å²) in [5.41, 5.74) is 7.66. The molecule has 0 aromatic heterocycles. The molecule has 0 radical (unpaired) electrons. The molecule has 2 aliphatic rings. The Hall–Kier alpha value is -2.12. The van der Waals surface area contributed by atoms with Gasteiger partial charge in [-0.25, -0.2) is 0 Å². The van der Waals surface area contributed by atoms with E-state index in [1.54, 1.807) is 11.1 Å². The molecule has 1 fully saturated rings. The molecule has 0 amide bonds. The summed E-state index contributed by atoms with van der Waals surface area (Å²) in [6, 6.07) is 20.8. The standard InChI is InChI=1S/C30H39N/c1-3-11-28-25(4-2)19-20-29(26-13-6-5-7-14-26)30(28)27-17-15-24(16-18-27)12-10-23-31-21-8-9-22-31/h3,5-7,11,13-18,29-30H,4,8-10,12,19-23H2,1-2H3/b11-3-/t29-,30-/m1/s1. The van der Waals surface area contributed by atoms with Crippen molar-refractivity contribution in [2.45, 2.75) is 70.6 Å². The highest BCUT2D eigenvalue weighted by Gasteiger charge is 2.32. The second-order valence-electron chi connectivity index (χ2n) is 9.34. The first kappa shape index (κ1) is 22.1. The summed E-state index contributed by atoms with van der Waals surface area (Å²) in [6.07, 6.45) is 13.5. The van der Waals surface area contributed by atoms with Crippen LogP contribution in [0.2, 0.25) is 0 Å². The van der Waals surface area contributed by atoms with Crippen LogP contribution in [0.25, 0.3) is 0 Å². The van der Waals surface area contributed by atoms with Gasteiger partial charge < -0.3 is 4.90 Å². The average molecular weight is 414 g/mol. The van der Waals surface area contributed by atoms with Gasteiger partial charge in [-0.15, -0.1) is 0 Å². The van der Waals surface area contributed by atoms with Gasteiger partial charge in [-0.05, 0) is 99.7 Å². The molecule has 2 atom stereocenters. The maximum absolute atomic E-state index is 2.63. The molecule has 0 unspecified atom stereocenters. The van der Waals surface area contributed by atoms with Gasteiger partial charge in [-0.2, -0.15) is 0 Å². The lowest BCUT2D eigenvalue weighted by Crippen LogP contribution is -2.20. The van der Waals surface area contributed by atoms with E-state index in [-0.39, 0.29) is 0 Å². The third-order valence-corrected chi connectivity index (χ3v) is 7.38. The maximum atomic E-state index is 2.63. The van der Waals surface area contributed by atoms with Gasteiger partial charge in [0.25, 0.3) is 0 Å². The van der Waals surface area contributed by atoms with Gasteiger partial charge in [0.1, 0.15) is 0 Å². The molecule has 0 saturated carbocycles. The van der Waals surface area contributed by atoms with Crippen molar-refractivity contribution in [1.29, 1.82) is 0 Å². The summed E-state index contributed by atoms with van der Waals surface area (Å²) < 4.78 is 0. The van der Waals surface area contributed by atoms with Gasteiger partial charge in [0, 0.05) is 5.92 Å². The van der Waals surface area contributed by atoms with E-state index in [0.717, 1.165) is 6.42 Å². The van der Waals surface area contributed by atoms with Crippen LogP contribution >= 0.6 is 0 Å². The van der Waals surface area contributed by atoms with Crippen LogP contribution in [0.4, 0.5) is 0 Å². The Bertz CT molecular complexity index is 868. The number of likely N-dealkylation sites (tertiary alicyclic amines) is 1. The number of hydrogen-bond acceptors (Lipinski definition) is 1. The zero-order valence-electron chi connectivity index (χ0n) is 19.5. The Morgan fingerprint density at radius 3 is 2.35 bits per heavy atom. The molecule has 4 rings (SSSR count). The summed E-state index contributed by atoms with van der Waals surface area (Å²) in [7, 11) is 0. The molecule has 1 heteroatoms. The molecule has 0 N–H and O–H groups in total. The molecule has 2 aromatic carbocycles. The summed E-state index contributed by atoms with van der Waals surface area (Å²) in [6.45, 7) is 8.35. The van der Waals surface area contributed by atoms with Gasteiger partial charge in [0.2, 0.25) is 0 Å². The van der Waals surface area contributed by atoms with Crippen molar-refractivity contribution in [3.8, 4) is 0 Å². The number of allylic oxidation sites excluding steroid dienone is 4. The van der Waals surface area contributed by atoms with Crippen molar-refractivity contribution >= 4 is 0 Å². The minimum atomic E-state index is 0.459.